The molecule has 0 saturated carbocycles. The minimum Gasteiger partial charge on any atom is -0.477 e. The maximum Gasteiger partial charge on any atom is 0.348 e. The van der Waals surface area contributed by atoms with Gasteiger partial charge < -0.3 is 16.0 Å². The average molecular weight is 203 g/mol. The van der Waals surface area contributed by atoms with Crippen molar-refractivity contribution < 1.29 is 9.90 Å². The molecule has 1 aromatic carbocycles. The number of benzene rings is 1. The first-order valence-electron chi connectivity index (χ1n) is 4.14. The predicted octanol–water partition coefficient (Wildman–Crippen LogP) is 1.10. The molecular weight excluding hydrogens is 194 g/mol. The van der Waals surface area contributed by atoms with Crippen LogP contribution in [0.5, 0.6) is 0 Å². The quantitative estimate of drug-likeness (QED) is 0.387. The monoisotopic (exact) mass is 203 g/mol. The molecular formula is C10H9N3O2. The van der Waals surface area contributed by atoms with Crippen molar-refractivity contribution in [2.45, 2.75) is 0 Å². The smallest absolute Gasteiger partial charge is 0.348 e. The van der Waals surface area contributed by atoms with E-state index in [1.54, 1.807) is 18.2 Å². The molecule has 1 rings (SSSR count). The molecule has 1 aromatic rings. The van der Waals surface area contributed by atoms with Gasteiger partial charge >= 0.3 is 5.97 Å². The normalized spacial score (nSPS) is 10.2. The molecule has 5 nitrogen and oxygen atoms in total. The van der Waals surface area contributed by atoms with Crippen LogP contribution in [0, 0.1) is 11.3 Å². The summed E-state index contributed by atoms with van der Waals surface area (Å²) in [7, 11) is 0. The van der Waals surface area contributed by atoms with E-state index < -0.39 is 5.97 Å². The maximum absolute atomic E-state index is 10.4. The molecule has 0 spiro atoms. The number of hydrazine groups is 1. The molecule has 0 aromatic heterocycles. The van der Waals surface area contributed by atoms with Gasteiger partial charge in [0.25, 0.3) is 0 Å². The number of hydrogen-bond donors (Lipinski definition) is 3. The van der Waals surface area contributed by atoms with E-state index in [1.165, 1.54) is 0 Å². The molecule has 0 radical (unpaired) electrons. The molecule has 0 aliphatic heterocycles. The number of anilines is 1. The number of carbonyl (C=O) groups is 1. The standard InChI is InChI=1S/C10H9N3O2/c11-6-8(10(14)15)7-12-13-9-4-2-1-3-5-9/h1-5,7,12-13H,(H,14,15). The van der Waals surface area contributed by atoms with E-state index in [9.17, 15) is 4.79 Å². The van der Waals surface area contributed by atoms with Gasteiger partial charge in [0.1, 0.15) is 6.07 Å². The van der Waals surface area contributed by atoms with E-state index in [-0.39, 0.29) is 5.57 Å². The zero-order valence-corrected chi connectivity index (χ0v) is 7.77. The van der Waals surface area contributed by atoms with Crippen LogP contribution in [0.25, 0.3) is 0 Å². The van der Waals surface area contributed by atoms with Gasteiger partial charge in [0.2, 0.25) is 0 Å². The Morgan fingerprint density at radius 1 is 1.40 bits per heavy atom. The topological polar surface area (TPSA) is 85.2 Å². The zero-order valence-electron chi connectivity index (χ0n) is 7.77. The van der Waals surface area contributed by atoms with Crippen molar-refractivity contribution in [3.63, 3.8) is 0 Å². The third kappa shape index (κ3) is 3.40. The highest BCUT2D eigenvalue weighted by molar-refractivity contribution is 5.90. The molecule has 76 valence electrons. The van der Waals surface area contributed by atoms with Gasteiger partial charge in [-0.2, -0.15) is 5.26 Å². The summed E-state index contributed by atoms with van der Waals surface area (Å²) in [6.45, 7) is 0. The second-order valence-corrected chi connectivity index (χ2v) is 2.61. The van der Waals surface area contributed by atoms with Crippen LogP contribution >= 0.6 is 0 Å². The van der Waals surface area contributed by atoms with Crippen molar-refractivity contribution in [3.8, 4) is 6.07 Å². The molecule has 0 amide bonds. The Hall–Kier alpha value is -2.48. The van der Waals surface area contributed by atoms with Gasteiger partial charge in [-0.3, -0.25) is 0 Å². The first-order valence-corrected chi connectivity index (χ1v) is 4.14. The van der Waals surface area contributed by atoms with Crippen molar-refractivity contribution in [1.29, 1.82) is 5.26 Å². The van der Waals surface area contributed by atoms with Gasteiger partial charge in [0.05, 0.1) is 5.69 Å². The van der Waals surface area contributed by atoms with Crippen molar-refractivity contribution in [1.82, 2.24) is 5.43 Å². The first-order chi connectivity index (χ1) is 7.24. The Labute approximate surface area is 86.6 Å². The molecule has 0 aliphatic rings. The maximum atomic E-state index is 10.4. The summed E-state index contributed by atoms with van der Waals surface area (Å²) in [5.74, 6) is -1.26. The van der Waals surface area contributed by atoms with Crippen LogP contribution in [0.2, 0.25) is 0 Å². The zero-order chi connectivity index (χ0) is 11.1. The molecule has 5 heteroatoms. The average Bonchev–Trinajstić information content (AvgIpc) is 2.25. The van der Waals surface area contributed by atoms with E-state index in [0.29, 0.717) is 0 Å². The lowest BCUT2D eigenvalue weighted by Crippen LogP contribution is -2.16. The Kier molecular flexibility index (Phi) is 3.74. The third-order valence-corrected chi connectivity index (χ3v) is 1.56. The molecule has 0 aliphatic carbocycles. The number of carboxylic acids is 1. The lowest BCUT2D eigenvalue weighted by molar-refractivity contribution is -0.132. The van der Waals surface area contributed by atoms with Crippen molar-refractivity contribution in [2.75, 3.05) is 5.43 Å². The lowest BCUT2D eigenvalue weighted by atomic mass is 10.3. The fourth-order valence-electron chi connectivity index (χ4n) is 0.855. The van der Waals surface area contributed by atoms with Gasteiger partial charge in [0.15, 0.2) is 5.57 Å². The minimum atomic E-state index is -1.26. The van der Waals surface area contributed by atoms with Gasteiger partial charge in [-0.25, -0.2) is 4.79 Å². The second kappa shape index (κ2) is 5.29. The third-order valence-electron chi connectivity index (χ3n) is 1.56. The largest absolute Gasteiger partial charge is 0.477 e. The van der Waals surface area contributed by atoms with Crippen LogP contribution in [0.1, 0.15) is 0 Å². The Balaban J connectivity index is 2.52. The fourth-order valence-corrected chi connectivity index (χ4v) is 0.855. The minimum absolute atomic E-state index is 0.363. The predicted molar refractivity (Wildman–Crippen MR) is 54.5 cm³/mol. The molecule has 0 atom stereocenters. The fraction of sp³-hybridized carbons (Fsp3) is 0. The number of hydrogen-bond acceptors (Lipinski definition) is 4. The van der Waals surface area contributed by atoms with Crippen LogP contribution < -0.4 is 10.9 Å². The van der Waals surface area contributed by atoms with Crippen LogP contribution in [-0.2, 0) is 4.79 Å². The number of nitrogens with one attached hydrogen (secondary N) is 2. The van der Waals surface area contributed by atoms with Crippen LogP contribution in [0.4, 0.5) is 5.69 Å². The van der Waals surface area contributed by atoms with Crippen molar-refractivity contribution in [3.05, 3.63) is 42.1 Å². The Morgan fingerprint density at radius 3 is 2.60 bits per heavy atom. The van der Waals surface area contributed by atoms with Crippen LogP contribution in [0.3, 0.4) is 0 Å². The van der Waals surface area contributed by atoms with Gasteiger partial charge in [-0.1, -0.05) is 18.2 Å². The van der Waals surface area contributed by atoms with E-state index in [2.05, 4.69) is 10.9 Å². The molecule has 0 fully saturated rings. The summed E-state index contributed by atoms with van der Waals surface area (Å²) < 4.78 is 0. The highest BCUT2D eigenvalue weighted by atomic mass is 16.4. The molecule has 0 unspecified atom stereocenters. The SMILES string of the molecule is N#CC(=CNNc1ccccc1)C(=O)O. The lowest BCUT2D eigenvalue weighted by Gasteiger charge is -2.04. The number of aliphatic carboxylic acids is 1. The number of nitrogens with zero attached hydrogens (tertiary/aromatic N) is 1. The highest BCUT2D eigenvalue weighted by Gasteiger charge is 2.03. The van der Waals surface area contributed by atoms with E-state index in [1.807, 2.05) is 18.2 Å². The van der Waals surface area contributed by atoms with Gasteiger partial charge in [-0.05, 0) is 12.1 Å². The number of rotatable bonds is 4. The van der Waals surface area contributed by atoms with Gasteiger partial charge in [0, 0.05) is 6.20 Å². The van der Waals surface area contributed by atoms with Crippen molar-refractivity contribution >= 4 is 11.7 Å². The van der Waals surface area contributed by atoms with Crippen molar-refractivity contribution in [2.24, 2.45) is 0 Å². The molecule has 0 heterocycles. The summed E-state index contributed by atoms with van der Waals surface area (Å²) >= 11 is 0. The van der Waals surface area contributed by atoms with Crippen LogP contribution in [0.15, 0.2) is 42.1 Å². The molecule has 15 heavy (non-hydrogen) atoms. The molecule has 3 N–H and O–H groups in total. The Bertz CT molecular complexity index is 406. The summed E-state index contributed by atoms with van der Waals surface area (Å²) in [5.41, 5.74) is 5.65. The highest BCUT2D eigenvalue weighted by Crippen LogP contribution is 2.02. The van der Waals surface area contributed by atoms with Gasteiger partial charge in [-0.15, -0.1) is 0 Å². The Morgan fingerprint density at radius 2 is 2.07 bits per heavy atom. The van der Waals surface area contributed by atoms with Crippen LogP contribution in [-0.4, -0.2) is 11.1 Å². The molecule has 0 saturated heterocycles. The number of carboxylic acid groups (broad SMARTS) is 1. The summed E-state index contributed by atoms with van der Waals surface area (Å²) in [6.07, 6.45) is 1.09. The first kappa shape index (κ1) is 10.6. The summed E-state index contributed by atoms with van der Waals surface area (Å²) in [4.78, 5) is 10.4. The van der Waals surface area contributed by atoms with E-state index in [0.717, 1.165) is 11.9 Å². The summed E-state index contributed by atoms with van der Waals surface area (Å²) in [6, 6.07) is 10.7. The second-order valence-electron chi connectivity index (χ2n) is 2.61. The van der Waals surface area contributed by atoms with E-state index >= 15 is 0 Å². The molecule has 0 bridgehead atoms. The number of nitriles is 1. The number of para-hydroxylation sites is 1. The van der Waals surface area contributed by atoms with E-state index in [4.69, 9.17) is 10.4 Å². The summed E-state index contributed by atoms with van der Waals surface area (Å²) in [5, 5.41) is 16.9.